The summed E-state index contributed by atoms with van der Waals surface area (Å²) in [5.74, 6) is 0.205. The third kappa shape index (κ3) is 5.04. The highest BCUT2D eigenvalue weighted by Crippen LogP contribution is 2.10. The molecule has 1 heterocycles. The molecule has 3 N–H and O–H groups in total. The third-order valence-corrected chi connectivity index (χ3v) is 2.48. The van der Waals surface area contributed by atoms with Crippen molar-refractivity contribution in [1.29, 1.82) is 0 Å². The molecule has 5 nitrogen and oxygen atoms in total. The molecule has 1 rings (SSSR count). The highest BCUT2D eigenvalue weighted by Gasteiger charge is 2.19. The summed E-state index contributed by atoms with van der Waals surface area (Å²) < 4.78 is 0. The maximum Gasteiger partial charge on any atom is 0.237 e. The quantitative estimate of drug-likeness (QED) is 0.355. The average molecular weight is 224 g/mol. The van der Waals surface area contributed by atoms with Gasteiger partial charge in [-0.3, -0.25) is 15.2 Å². The predicted molar refractivity (Wildman–Crippen MR) is 65.0 cm³/mol. The van der Waals surface area contributed by atoms with E-state index in [1.54, 1.807) is 6.21 Å². The molecule has 1 amide bonds. The lowest BCUT2D eigenvalue weighted by molar-refractivity contribution is -0.126. The van der Waals surface area contributed by atoms with Crippen molar-refractivity contribution in [3.63, 3.8) is 0 Å². The summed E-state index contributed by atoms with van der Waals surface area (Å²) in [5.41, 5.74) is 5.46. The highest BCUT2D eigenvalue weighted by atomic mass is 16.2. The van der Waals surface area contributed by atoms with Crippen LogP contribution >= 0.6 is 0 Å². The van der Waals surface area contributed by atoms with Gasteiger partial charge in [-0.2, -0.15) is 0 Å². The van der Waals surface area contributed by atoms with Crippen molar-refractivity contribution in [2.75, 3.05) is 19.8 Å². The monoisotopic (exact) mass is 224 g/mol. The predicted octanol–water partition coefficient (Wildman–Crippen LogP) is 0.211. The van der Waals surface area contributed by atoms with E-state index >= 15 is 0 Å². The number of piperidine rings is 1. The summed E-state index contributed by atoms with van der Waals surface area (Å²) in [4.78, 5) is 15.6. The average Bonchev–Trinajstić information content (AvgIpc) is 2.34. The van der Waals surface area contributed by atoms with Crippen LogP contribution in [0.3, 0.4) is 0 Å². The molecule has 0 aromatic rings. The molecule has 0 spiro atoms. The molecule has 0 aromatic carbocycles. The minimum absolute atomic E-state index is 0.0720. The number of hydrogen-bond acceptors (Lipinski definition) is 4. The number of aliphatic imine (C=N–C) groups is 1. The lowest BCUT2D eigenvalue weighted by Gasteiger charge is -2.21. The number of nitrogens with zero attached hydrogens (tertiary/aromatic N) is 1. The number of amides is 1. The second-order valence-corrected chi connectivity index (χ2v) is 3.71. The molecule has 0 unspecified atom stereocenters. The second kappa shape index (κ2) is 8.01. The molecule has 0 aliphatic carbocycles. The number of rotatable bonds is 5. The zero-order chi connectivity index (χ0) is 11.6. The first-order valence-corrected chi connectivity index (χ1v) is 5.69. The van der Waals surface area contributed by atoms with Crippen LogP contribution in [0.1, 0.15) is 19.8 Å². The fourth-order valence-electron chi connectivity index (χ4n) is 1.56. The van der Waals surface area contributed by atoms with Crippen molar-refractivity contribution < 1.29 is 4.79 Å². The zero-order valence-electron chi connectivity index (χ0n) is 9.70. The maximum absolute atomic E-state index is 11.6. The normalized spacial score (nSPS) is 18.3. The minimum Gasteiger partial charge on any atom is -0.317 e. The van der Waals surface area contributed by atoms with Crippen molar-refractivity contribution in [3.05, 3.63) is 12.2 Å². The molecule has 5 heteroatoms. The number of carbonyl (C=O) groups is 1. The Bertz CT molecular complexity index is 257. The Morgan fingerprint density at radius 3 is 2.94 bits per heavy atom. The smallest absolute Gasteiger partial charge is 0.237 e. The molecule has 0 bridgehead atoms. The number of hydrazine groups is 1. The highest BCUT2D eigenvalue weighted by molar-refractivity contribution is 5.78. The summed E-state index contributed by atoms with van der Waals surface area (Å²) >= 11 is 0. The Balaban J connectivity index is 2.09. The summed E-state index contributed by atoms with van der Waals surface area (Å²) in [5, 5.41) is 3.23. The van der Waals surface area contributed by atoms with Gasteiger partial charge < -0.3 is 5.32 Å². The summed E-state index contributed by atoms with van der Waals surface area (Å²) in [7, 11) is 0. The Labute approximate surface area is 96.4 Å². The summed E-state index contributed by atoms with van der Waals surface area (Å²) in [6, 6.07) is 0. The van der Waals surface area contributed by atoms with Gasteiger partial charge in [-0.25, -0.2) is 5.43 Å². The van der Waals surface area contributed by atoms with E-state index in [0.717, 1.165) is 25.9 Å². The lowest BCUT2D eigenvalue weighted by Crippen LogP contribution is -2.44. The summed E-state index contributed by atoms with van der Waals surface area (Å²) in [6.07, 6.45) is 7.27. The van der Waals surface area contributed by atoms with Crippen molar-refractivity contribution in [1.82, 2.24) is 16.2 Å². The van der Waals surface area contributed by atoms with Crippen LogP contribution in [0.15, 0.2) is 17.1 Å². The van der Waals surface area contributed by atoms with E-state index in [0.29, 0.717) is 6.67 Å². The first-order valence-electron chi connectivity index (χ1n) is 5.69. The van der Waals surface area contributed by atoms with Gasteiger partial charge in [0.25, 0.3) is 0 Å². The van der Waals surface area contributed by atoms with E-state index in [1.165, 1.54) is 0 Å². The standard InChI is InChI=1S/C11H20N4O/c1-2-3-6-13-9-14-15-11(16)10-4-7-12-8-5-10/h2-3,6,10,12,14H,4-5,7-9H2,1H3,(H,15,16)/b3-2-,13-6-. The number of hydrogen-bond donors (Lipinski definition) is 3. The van der Waals surface area contributed by atoms with E-state index in [2.05, 4.69) is 21.2 Å². The van der Waals surface area contributed by atoms with Crippen LogP contribution in [-0.4, -0.2) is 31.9 Å². The van der Waals surface area contributed by atoms with Crippen molar-refractivity contribution in [2.45, 2.75) is 19.8 Å². The molecule has 1 fully saturated rings. The number of nitrogens with one attached hydrogen (secondary N) is 3. The Hall–Kier alpha value is -1.20. The molecule has 0 radical (unpaired) electrons. The number of allylic oxidation sites excluding steroid dienone is 2. The van der Waals surface area contributed by atoms with Crippen LogP contribution in [0, 0.1) is 5.92 Å². The van der Waals surface area contributed by atoms with Crippen molar-refractivity contribution in [3.8, 4) is 0 Å². The van der Waals surface area contributed by atoms with Gasteiger partial charge in [-0.15, -0.1) is 0 Å². The van der Waals surface area contributed by atoms with Crippen molar-refractivity contribution >= 4 is 12.1 Å². The van der Waals surface area contributed by atoms with Gasteiger partial charge in [0.2, 0.25) is 5.91 Å². The van der Waals surface area contributed by atoms with Crippen LogP contribution < -0.4 is 16.2 Å². The fraction of sp³-hybridized carbons (Fsp3) is 0.636. The molecule has 1 aliphatic heterocycles. The molecule has 0 atom stereocenters. The van der Waals surface area contributed by atoms with Gasteiger partial charge in [0, 0.05) is 12.1 Å². The molecule has 0 aromatic heterocycles. The van der Waals surface area contributed by atoms with Crippen LogP contribution in [-0.2, 0) is 4.79 Å². The zero-order valence-corrected chi connectivity index (χ0v) is 9.70. The van der Waals surface area contributed by atoms with Gasteiger partial charge in [-0.05, 0) is 38.9 Å². The van der Waals surface area contributed by atoms with Gasteiger partial charge in [-0.1, -0.05) is 6.08 Å². The molecular formula is C11H20N4O. The second-order valence-electron chi connectivity index (χ2n) is 3.71. The first kappa shape index (κ1) is 12.9. The molecular weight excluding hydrogens is 204 g/mol. The van der Waals surface area contributed by atoms with Crippen LogP contribution in [0.25, 0.3) is 0 Å². The SMILES string of the molecule is C/C=C\C=N/CNNC(=O)C1CCNCC1. The first-order chi connectivity index (χ1) is 7.84. The van der Waals surface area contributed by atoms with Crippen LogP contribution in [0.4, 0.5) is 0 Å². The summed E-state index contributed by atoms with van der Waals surface area (Å²) in [6.45, 7) is 4.19. The van der Waals surface area contributed by atoms with E-state index in [4.69, 9.17) is 0 Å². The van der Waals surface area contributed by atoms with Crippen molar-refractivity contribution in [2.24, 2.45) is 10.9 Å². The topological polar surface area (TPSA) is 65.5 Å². The number of carbonyl (C=O) groups excluding carboxylic acids is 1. The fourth-order valence-corrected chi connectivity index (χ4v) is 1.56. The van der Waals surface area contributed by atoms with E-state index in [1.807, 2.05) is 19.1 Å². The van der Waals surface area contributed by atoms with Crippen LogP contribution in [0.2, 0.25) is 0 Å². The van der Waals surface area contributed by atoms with E-state index in [9.17, 15) is 4.79 Å². The molecule has 16 heavy (non-hydrogen) atoms. The van der Waals surface area contributed by atoms with Gasteiger partial charge in [0.1, 0.15) is 6.67 Å². The largest absolute Gasteiger partial charge is 0.317 e. The van der Waals surface area contributed by atoms with Gasteiger partial charge in [0.15, 0.2) is 0 Å². The Kier molecular flexibility index (Phi) is 6.44. The molecule has 1 saturated heterocycles. The molecule has 1 aliphatic rings. The van der Waals surface area contributed by atoms with Gasteiger partial charge in [0.05, 0.1) is 0 Å². The van der Waals surface area contributed by atoms with Gasteiger partial charge >= 0.3 is 0 Å². The Morgan fingerprint density at radius 1 is 1.50 bits per heavy atom. The van der Waals surface area contributed by atoms with Crippen LogP contribution in [0.5, 0.6) is 0 Å². The lowest BCUT2D eigenvalue weighted by atomic mass is 9.98. The molecule has 0 saturated carbocycles. The molecule has 90 valence electrons. The van der Waals surface area contributed by atoms with E-state index < -0.39 is 0 Å². The minimum atomic E-state index is 0.0720. The van der Waals surface area contributed by atoms with E-state index in [-0.39, 0.29) is 11.8 Å². The maximum atomic E-state index is 11.6. The Morgan fingerprint density at radius 2 is 2.25 bits per heavy atom. The third-order valence-electron chi connectivity index (χ3n) is 2.48.